The van der Waals surface area contributed by atoms with Gasteiger partial charge in [0.1, 0.15) is 5.78 Å². The summed E-state index contributed by atoms with van der Waals surface area (Å²) < 4.78 is 0. The standard InChI is InChI=1S/C11H23NO/c1-8(2)6-9(13)7-10(12)11(3,4)5/h8,10H,6-7,12H2,1-5H3. The van der Waals surface area contributed by atoms with Gasteiger partial charge in [-0.05, 0) is 11.3 Å². The van der Waals surface area contributed by atoms with E-state index in [0.29, 0.717) is 18.8 Å². The molecule has 0 fully saturated rings. The van der Waals surface area contributed by atoms with E-state index in [4.69, 9.17) is 5.73 Å². The van der Waals surface area contributed by atoms with Gasteiger partial charge in [-0.3, -0.25) is 4.79 Å². The van der Waals surface area contributed by atoms with Crippen LogP contribution < -0.4 is 5.73 Å². The average molecular weight is 185 g/mol. The Labute approximate surface area is 81.9 Å². The fourth-order valence-corrected chi connectivity index (χ4v) is 1.09. The number of Topliss-reactive ketones (excluding diaryl/α,β-unsaturated/α-hetero) is 1. The molecule has 0 saturated heterocycles. The third-order valence-electron chi connectivity index (χ3n) is 2.20. The monoisotopic (exact) mass is 185 g/mol. The molecule has 0 amide bonds. The Morgan fingerprint density at radius 3 is 2.00 bits per heavy atom. The number of carbonyl (C=O) groups is 1. The molecule has 0 aliphatic rings. The smallest absolute Gasteiger partial charge is 0.134 e. The first-order chi connectivity index (χ1) is 5.73. The summed E-state index contributed by atoms with van der Waals surface area (Å²) in [5.74, 6) is 0.733. The van der Waals surface area contributed by atoms with Crippen molar-refractivity contribution in [2.24, 2.45) is 17.1 Å². The van der Waals surface area contributed by atoms with Crippen molar-refractivity contribution >= 4 is 5.78 Å². The van der Waals surface area contributed by atoms with Crippen molar-refractivity contribution in [2.45, 2.75) is 53.5 Å². The molecule has 0 radical (unpaired) electrons. The van der Waals surface area contributed by atoms with Crippen LogP contribution in [-0.4, -0.2) is 11.8 Å². The van der Waals surface area contributed by atoms with Gasteiger partial charge in [-0.2, -0.15) is 0 Å². The van der Waals surface area contributed by atoms with E-state index < -0.39 is 0 Å². The van der Waals surface area contributed by atoms with Crippen molar-refractivity contribution in [2.75, 3.05) is 0 Å². The minimum Gasteiger partial charge on any atom is -0.327 e. The first-order valence-electron chi connectivity index (χ1n) is 5.00. The van der Waals surface area contributed by atoms with Crippen LogP contribution in [0.1, 0.15) is 47.5 Å². The lowest BCUT2D eigenvalue weighted by Crippen LogP contribution is -2.37. The van der Waals surface area contributed by atoms with Gasteiger partial charge in [-0.1, -0.05) is 34.6 Å². The highest BCUT2D eigenvalue weighted by Gasteiger charge is 2.23. The summed E-state index contributed by atoms with van der Waals surface area (Å²) in [5.41, 5.74) is 5.94. The maximum atomic E-state index is 11.4. The van der Waals surface area contributed by atoms with Crippen LogP contribution in [0, 0.1) is 11.3 Å². The summed E-state index contributed by atoms with van der Waals surface area (Å²) in [6.07, 6.45) is 1.17. The molecule has 2 heteroatoms. The van der Waals surface area contributed by atoms with Crippen molar-refractivity contribution in [1.82, 2.24) is 0 Å². The molecule has 0 aromatic carbocycles. The predicted octanol–water partition coefficient (Wildman–Crippen LogP) is 2.37. The van der Waals surface area contributed by atoms with Crippen LogP contribution >= 0.6 is 0 Å². The molecule has 0 spiro atoms. The SMILES string of the molecule is CC(C)CC(=O)CC(N)C(C)(C)C. The van der Waals surface area contributed by atoms with Gasteiger partial charge in [-0.15, -0.1) is 0 Å². The van der Waals surface area contributed by atoms with Gasteiger partial charge in [0, 0.05) is 18.9 Å². The van der Waals surface area contributed by atoms with Crippen LogP contribution in [0.4, 0.5) is 0 Å². The van der Waals surface area contributed by atoms with Gasteiger partial charge in [-0.25, -0.2) is 0 Å². The van der Waals surface area contributed by atoms with Gasteiger partial charge in [0.05, 0.1) is 0 Å². The van der Waals surface area contributed by atoms with E-state index in [1.54, 1.807) is 0 Å². The number of hydrogen-bond donors (Lipinski definition) is 1. The maximum Gasteiger partial charge on any atom is 0.134 e. The van der Waals surface area contributed by atoms with E-state index in [9.17, 15) is 4.79 Å². The van der Waals surface area contributed by atoms with Crippen molar-refractivity contribution in [1.29, 1.82) is 0 Å². The Morgan fingerprint density at radius 2 is 1.69 bits per heavy atom. The van der Waals surface area contributed by atoms with Gasteiger partial charge in [0.2, 0.25) is 0 Å². The zero-order valence-corrected chi connectivity index (χ0v) is 9.55. The molecule has 0 aliphatic carbocycles. The molecular weight excluding hydrogens is 162 g/mol. The Balaban J connectivity index is 3.93. The fraction of sp³-hybridized carbons (Fsp3) is 0.909. The van der Waals surface area contributed by atoms with Gasteiger partial charge in [0.25, 0.3) is 0 Å². The van der Waals surface area contributed by atoms with E-state index >= 15 is 0 Å². The zero-order chi connectivity index (χ0) is 10.6. The molecule has 0 rings (SSSR count). The molecule has 0 aromatic heterocycles. The lowest BCUT2D eigenvalue weighted by molar-refractivity contribution is -0.120. The van der Waals surface area contributed by atoms with Crippen molar-refractivity contribution in [3.05, 3.63) is 0 Å². The van der Waals surface area contributed by atoms with E-state index in [1.165, 1.54) is 0 Å². The Hall–Kier alpha value is -0.370. The molecule has 0 aromatic rings. The highest BCUT2D eigenvalue weighted by atomic mass is 16.1. The van der Waals surface area contributed by atoms with Crippen molar-refractivity contribution in [3.63, 3.8) is 0 Å². The minimum absolute atomic E-state index is 0.0150. The van der Waals surface area contributed by atoms with Crippen LogP contribution in [0.5, 0.6) is 0 Å². The van der Waals surface area contributed by atoms with E-state index in [1.807, 2.05) is 0 Å². The van der Waals surface area contributed by atoms with Crippen LogP contribution in [0.2, 0.25) is 0 Å². The molecule has 1 atom stereocenters. The third kappa shape index (κ3) is 5.81. The summed E-state index contributed by atoms with van der Waals surface area (Å²) >= 11 is 0. The summed E-state index contributed by atoms with van der Waals surface area (Å²) in [4.78, 5) is 11.4. The van der Waals surface area contributed by atoms with Crippen molar-refractivity contribution < 1.29 is 4.79 Å². The van der Waals surface area contributed by atoms with Crippen LogP contribution in [0.25, 0.3) is 0 Å². The Kier molecular flexibility index (Phi) is 4.62. The normalized spacial score (nSPS) is 14.7. The second kappa shape index (κ2) is 4.75. The molecule has 0 bridgehead atoms. The van der Waals surface area contributed by atoms with Gasteiger partial charge in [0.15, 0.2) is 0 Å². The fourth-order valence-electron chi connectivity index (χ4n) is 1.09. The molecule has 0 saturated carbocycles. The van der Waals surface area contributed by atoms with E-state index in [2.05, 4.69) is 34.6 Å². The zero-order valence-electron chi connectivity index (χ0n) is 9.55. The molecule has 78 valence electrons. The molecule has 0 heterocycles. The van der Waals surface area contributed by atoms with E-state index in [-0.39, 0.29) is 17.2 Å². The number of nitrogens with two attached hydrogens (primary N) is 1. The molecule has 13 heavy (non-hydrogen) atoms. The number of carbonyl (C=O) groups excluding carboxylic acids is 1. The third-order valence-corrected chi connectivity index (χ3v) is 2.20. The van der Waals surface area contributed by atoms with Crippen LogP contribution in [0.3, 0.4) is 0 Å². The minimum atomic E-state index is -0.0150. The number of ketones is 1. The molecule has 1 unspecified atom stereocenters. The topological polar surface area (TPSA) is 43.1 Å². The predicted molar refractivity (Wildman–Crippen MR) is 56.5 cm³/mol. The molecule has 0 aliphatic heterocycles. The Morgan fingerprint density at radius 1 is 1.23 bits per heavy atom. The van der Waals surface area contributed by atoms with Crippen LogP contribution in [-0.2, 0) is 4.79 Å². The number of rotatable bonds is 4. The highest BCUT2D eigenvalue weighted by Crippen LogP contribution is 2.20. The van der Waals surface area contributed by atoms with Crippen molar-refractivity contribution in [3.8, 4) is 0 Å². The number of hydrogen-bond acceptors (Lipinski definition) is 2. The average Bonchev–Trinajstić information content (AvgIpc) is 1.82. The van der Waals surface area contributed by atoms with Gasteiger partial charge < -0.3 is 5.73 Å². The Bertz CT molecular complexity index is 167. The quantitative estimate of drug-likeness (QED) is 0.730. The molecule has 2 nitrogen and oxygen atoms in total. The molecule has 2 N–H and O–H groups in total. The summed E-state index contributed by atoms with van der Waals surface area (Å²) in [5, 5.41) is 0. The second-order valence-electron chi connectivity index (χ2n) is 5.31. The summed E-state index contributed by atoms with van der Waals surface area (Å²) in [6.45, 7) is 10.3. The first-order valence-corrected chi connectivity index (χ1v) is 5.00. The maximum absolute atomic E-state index is 11.4. The second-order valence-corrected chi connectivity index (χ2v) is 5.31. The summed E-state index contributed by atoms with van der Waals surface area (Å²) in [6, 6.07) is -0.0150. The van der Waals surface area contributed by atoms with Gasteiger partial charge >= 0.3 is 0 Å². The lowest BCUT2D eigenvalue weighted by atomic mass is 9.83. The largest absolute Gasteiger partial charge is 0.327 e. The highest BCUT2D eigenvalue weighted by molar-refractivity contribution is 5.79. The van der Waals surface area contributed by atoms with Crippen LogP contribution in [0.15, 0.2) is 0 Å². The molecular formula is C11H23NO. The lowest BCUT2D eigenvalue weighted by Gasteiger charge is -2.26. The van der Waals surface area contributed by atoms with E-state index in [0.717, 1.165) is 0 Å². The summed E-state index contributed by atoms with van der Waals surface area (Å²) in [7, 11) is 0. The first kappa shape index (κ1) is 12.6.